The van der Waals surface area contributed by atoms with E-state index in [1.807, 2.05) is 20.8 Å². The molecule has 0 aliphatic carbocycles. The number of unbranched alkanes of at least 4 members (excludes halogenated alkanes) is 2. The topological polar surface area (TPSA) is 38.8 Å². The predicted molar refractivity (Wildman–Crippen MR) is 83.6 cm³/mol. The van der Waals surface area contributed by atoms with Crippen molar-refractivity contribution in [2.75, 3.05) is 19.7 Å². The molecule has 0 bridgehead atoms. The Morgan fingerprint density at radius 1 is 1.16 bits per heavy atom. The summed E-state index contributed by atoms with van der Waals surface area (Å²) in [7, 11) is 0. The van der Waals surface area contributed by atoms with E-state index in [2.05, 4.69) is 16.7 Å². The lowest BCUT2D eigenvalue weighted by atomic mass is 10.2. The van der Waals surface area contributed by atoms with Crippen molar-refractivity contribution in [3.8, 4) is 0 Å². The summed E-state index contributed by atoms with van der Waals surface area (Å²) < 4.78 is 4.55. The number of hydrogen-bond donors (Lipinski definition) is 0. The number of carbonyl (C=O) groups is 1. The first-order valence-corrected chi connectivity index (χ1v) is 6.99. The van der Waals surface area contributed by atoms with Gasteiger partial charge in [0.15, 0.2) is 0 Å². The van der Waals surface area contributed by atoms with Crippen LogP contribution >= 0.6 is 13.5 Å². The Balaban J connectivity index is 0. The first-order chi connectivity index (χ1) is 8.49. The van der Waals surface area contributed by atoms with Crippen LogP contribution in [0, 0.1) is 0 Å². The molecule has 1 rings (SSSR count). The molecule has 1 fully saturated rings. The number of nitrogens with zero attached hydrogens (tertiary/aromatic N) is 1. The number of ether oxygens (including phenoxy) is 1. The fraction of sp³-hybridized carbons (Fsp3) is 0.929. The van der Waals surface area contributed by atoms with Crippen LogP contribution in [-0.4, -0.2) is 36.8 Å². The van der Waals surface area contributed by atoms with Gasteiger partial charge in [-0.25, -0.2) is 0 Å². The predicted octanol–water partition coefficient (Wildman–Crippen LogP) is 3.27. The SMILES string of the molecule is CC(C)(C)OC=O.CCCCCON1CCCC1.S. The zero-order chi connectivity index (χ0) is 13.9. The van der Waals surface area contributed by atoms with Crippen molar-refractivity contribution in [2.24, 2.45) is 0 Å². The third kappa shape index (κ3) is 15.7. The molecule has 0 spiro atoms. The van der Waals surface area contributed by atoms with Crippen LogP contribution in [0.5, 0.6) is 0 Å². The van der Waals surface area contributed by atoms with Gasteiger partial charge in [0.2, 0.25) is 0 Å². The van der Waals surface area contributed by atoms with Gasteiger partial charge in [-0.2, -0.15) is 18.6 Å². The Morgan fingerprint density at radius 3 is 2.11 bits per heavy atom. The molecule has 0 radical (unpaired) electrons. The van der Waals surface area contributed by atoms with Crippen LogP contribution in [0.2, 0.25) is 0 Å². The van der Waals surface area contributed by atoms with Gasteiger partial charge in [-0.05, 0) is 40.0 Å². The third-order valence-corrected chi connectivity index (χ3v) is 2.49. The fourth-order valence-electron chi connectivity index (χ4n) is 1.51. The molecule has 4 nitrogen and oxygen atoms in total. The summed E-state index contributed by atoms with van der Waals surface area (Å²) in [5.41, 5.74) is -0.318. The summed E-state index contributed by atoms with van der Waals surface area (Å²) in [5.74, 6) is 0. The van der Waals surface area contributed by atoms with Crippen molar-refractivity contribution in [1.29, 1.82) is 0 Å². The van der Waals surface area contributed by atoms with Gasteiger partial charge in [0.1, 0.15) is 5.60 Å². The highest BCUT2D eigenvalue weighted by atomic mass is 32.1. The number of rotatable bonds is 6. The van der Waals surface area contributed by atoms with E-state index in [1.54, 1.807) is 0 Å². The second-order valence-electron chi connectivity index (χ2n) is 5.50. The molecule has 5 heteroatoms. The van der Waals surface area contributed by atoms with Crippen LogP contribution in [0.4, 0.5) is 0 Å². The maximum atomic E-state index is 9.60. The van der Waals surface area contributed by atoms with E-state index in [4.69, 9.17) is 4.84 Å². The Hall–Kier alpha value is -0.260. The normalized spacial score (nSPS) is 15.2. The van der Waals surface area contributed by atoms with Crippen LogP contribution < -0.4 is 0 Å². The van der Waals surface area contributed by atoms with E-state index in [0.29, 0.717) is 6.47 Å². The van der Waals surface area contributed by atoms with Gasteiger partial charge in [0.25, 0.3) is 6.47 Å². The van der Waals surface area contributed by atoms with Crippen molar-refractivity contribution in [2.45, 2.75) is 65.4 Å². The van der Waals surface area contributed by atoms with E-state index >= 15 is 0 Å². The summed E-state index contributed by atoms with van der Waals surface area (Å²) in [5, 5.41) is 2.11. The second kappa shape index (κ2) is 12.8. The van der Waals surface area contributed by atoms with Gasteiger partial charge in [-0.1, -0.05) is 19.8 Å². The Labute approximate surface area is 125 Å². The molecule has 0 amide bonds. The molecule has 0 N–H and O–H groups in total. The monoisotopic (exact) mass is 293 g/mol. The number of hydrogen-bond acceptors (Lipinski definition) is 4. The third-order valence-electron chi connectivity index (χ3n) is 2.49. The van der Waals surface area contributed by atoms with Crippen molar-refractivity contribution < 1.29 is 14.4 Å². The Morgan fingerprint density at radius 2 is 1.74 bits per heavy atom. The number of carbonyl (C=O) groups excluding carboxylic acids is 1. The van der Waals surface area contributed by atoms with Gasteiger partial charge in [-0.15, -0.1) is 0 Å². The molecule has 1 aliphatic heterocycles. The van der Waals surface area contributed by atoms with Crippen molar-refractivity contribution in [1.82, 2.24) is 5.06 Å². The van der Waals surface area contributed by atoms with Gasteiger partial charge in [-0.3, -0.25) is 9.63 Å². The molecule has 1 heterocycles. The Bertz CT molecular complexity index is 201. The lowest BCUT2D eigenvalue weighted by Gasteiger charge is -2.14. The minimum absolute atomic E-state index is 0. The minimum atomic E-state index is -0.318. The molecule has 1 aliphatic rings. The molecule has 0 aromatic rings. The maximum Gasteiger partial charge on any atom is 0.293 e. The summed E-state index contributed by atoms with van der Waals surface area (Å²) in [6.07, 6.45) is 6.42. The molecule has 0 aromatic carbocycles. The van der Waals surface area contributed by atoms with E-state index in [1.165, 1.54) is 32.1 Å². The average Bonchev–Trinajstić information content (AvgIpc) is 2.76. The second-order valence-corrected chi connectivity index (χ2v) is 5.50. The van der Waals surface area contributed by atoms with E-state index in [-0.39, 0.29) is 19.1 Å². The Kier molecular flexibility index (Phi) is 14.1. The molecule has 19 heavy (non-hydrogen) atoms. The van der Waals surface area contributed by atoms with E-state index < -0.39 is 0 Å². The number of hydroxylamine groups is 2. The molecular formula is C14H31NO3S. The van der Waals surface area contributed by atoms with Crippen molar-refractivity contribution in [3.05, 3.63) is 0 Å². The molecule has 0 aromatic heterocycles. The highest BCUT2D eigenvalue weighted by molar-refractivity contribution is 7.59. The molecule has 116 valence electrons. The average molecular weight is 293 g/mol. The highest BCUT2D eigenvalue weighted by Crippen LogP contribution is 2.08. The first kappa shape index (κ1) is 21.0. The fourth-order valence-corrected chi connectivity index (χ4v) is 1.51. The molecule has 0 unspecified atom stereocenters. The van der Waals surface area contributed by atoms with Gasteiger partial charge >= 0.3 is 0 Å². The maximum absolute atomic E-state index is 9.60. The lowest BCUT2D eigenvalue weighted by molar-refractivity contribution is -0.143. The van der Waals surface area contributed by atoms with Crippen LogP contribution in [0.15, 0.2) is 0 Å². The van der Waals surface area contributed by atoms with Gasteiger partial charge < -0.3 is 4.74 Å². The summed E-state index contributed by atoms with van der Waals surface area (Å²) in [4.78, 5) is 15.1. The zero-order valence-electron chi connectivity index (χ0n) is 12.9. The summed E-state index contributed by atoms with van der Waals surface area (Å²) in [6, 6.07) is 0. The first-order valence-electron chi connectivity index (χ1n) is 6.99. The van der Waals surface area contributed by atoms with Crippen LogP contribution in [0.1, 0.15) is 59.8 Å². The summed E-state index contributed by atoms with van der Waals surface area (Å²) in [6.45, 7) is 11.4. The van der Waals surface area contributed by atoms with Crippen LogP contribution in [-0.2, 0) is 14.4 Å². The van der Waals surface area contributed by atoms with Gasteiger partial charge in [0.05, 0.1) is 6.61 Å². The van der Waals surface area contributed by atoms with Gasteiger partial charge in [0, 0.05) is 13.1 Å². The highest BCUT2D eigenvalue weighted by Gasteiger charge is 2.10. The summed E-state index contributed by atoms with van der Waals surface area (Å²) >= 11 is 0. The molecule has 0 saturated carbocycles. The smallest absolute Gasteiger partial charge is 0.293 e. The van der Waals surface area contributed by atoms with Crippen molar-refractivity contribution in [3.63, 3.8) is 0 Å². The van der Waals surface area contributed by atoms with Crippen LogP contribution in [0.25, 0.3) is 0 Å². The minimum Gasteiger partial charge on any atom is -0.462 e. The lowest BCUT2D eigenvalue weighted by Crippen LogP contribution is -2.20. The standard InChI is InChI=1S/C9H19NO.C5H10O2.H2S/c1-2-3-6-9-11-10-7-4-5-8-10;1-5(2,3)7-4-6;/h2-9H2,1H3;4H,1-3H3;1H2. The molecule has 1 saturated heterocycles. The van der Waals surface area contributed by atoms with E-state index in [9.17, 15) is 4.79 Å². The van der Waals surface area contributed by atoms with E-state index in [0.717, 1.165) is 19.7 Å². The zero-order valence-corrected chi connectivity index (χ0v) is 13.9. The largest absolute Gasteiger partial charge is 0.462 e. The molecular weight excluding hydrogens is 262 g/mol. The van der Waals surface area contributed by atoms with Crippen molar-refractivity contribution >= 4 is 20.0 Å². The van der Waals surface area contributed by atoms with Crippen LogP contribution in [0.3, 0.4) is 0 Å². The molecule has 0 atom stereocenters. The quantitative estimate of drug-likeness (QED) is 0.556.